The van der Waals surface area contributed by atoms with E-state index in [0.29, 0.717) is 6.42 Å². The fourth-order valence-electron chi connectivity index (χ4n) is 1.31. The number of rotatable bonds is 4. The number of hydrogen-bond donors (Lipinski definition) is 1. The van der Waals surface area contributed by atoms with Crippen molar-refractivity contribution in [1.82, 2.24) is 5.32 Å². The van der Waals surface area contributed by atoms with Crippen molar-refractivity contribution in [3.05, 3.63) is 29.8 Å². The van der Waals surface area contributed by atoms with Crippen molar-refractivity contribution in [3.8, 4) is 0 Å². The lowest BCUT2D eigenvalue weighted by Crippen LogP contribution is -2.28. The highest BCUT2D eigenvalue weighted by Gasteiger charge is 2.09. The van der Waals surface area contributed by atoms with E-state index in [1.165, 1.54) is 5.56 Å². The fourth-order valence-corrected chi connectivity index (χ4v) is 1.31. The highest BCUT2D eigenvalue weighted by Crippen LogP contribution is 2.13. The van der Waals surface area contributed by atoms with Crippen LogP contribution >= 0.6 is 0 Å². The molecule has 0 fully saturated rings. The molecular weight excluding hydrogens is 188 g/mol. The van der Waals surface area contributed by atoms with Crippen LogP contribution < -0.4 is 10.2 Å². The second-order valence-corrected chi connectivity index (χ2v) is 3.64. The molecule has 0 aromatic heterocycles. The highest BCUT2D eigenvalue weighted by atomic mass is 16.2. The maximum absolute atomic E-state index is 11.7. The standard InChI is InChI=1S/C12H18N2O/c1-10-4-6-11(7-5-10)14(3)12(15)8-9-13-2/h4-7,13H,8-9H2,1-3H3. The number of benzene rings is 1. The van der Waals surface area contributed by atoms with Gasteiger partial charge in [0.2, 0.25) is 5.91 Å². The third-order valence-corrected chi connectivity index (χ3v) is 2.38. The molecule has 1 aromatic rings. The Hall–Kier alpha value is -1.35. The molecule has 0 saturated heterocycles. The summed E-state index contributed by atoms with van der Waals surface area (Å²) in [5.74, 6) is 0.133. The number of nitrogens with one attached hydrogen (secondary N) is 1. The molecule has 0 saturated carbocycles. The first kappa shape index (κ1) is 11.7. The maximum Gasteiger partial charge on any atom is 0.227 e. The third-order valence-electron chi connectivity index (χ3n) is 2.38. The minimum absolute atomic E-state index is 0.133. The molecule has 0 unspecified atom stereocenters. The van der Waals surface area contributed by atoms with Gasteiger partial charge in [0.25, 0.3) is 0 Å². The highest BCUT2D eigenvalue weighted by molar-refractivity contribution is 5.92. The summed E-state index contributed by atoms with van der Waals surface area (Å²) in [6.45, 7) is 2.75. The molecule has 0 radical (unpaired) electrons. The lowest BCUT2D eigenvalue weighted by molar-refractivity contribution is -0.118. The first-order valence-electron chi connectivity index (χ1n) is 5.13. The van der Waals surface area contributed by atoms with Crippen LogP contribution in [-0.4, -0.2) is 26.5 Å². The van der Waals surface area contributed by atoms with Crippen LogP contribution in [0.1, 0.15) is 12.0 Å². The summed E-state index contributed by atoms with van der Waals surface area (Å²) in [5, 5.41) is 2.97. The normalized spacial score (nSPS) is 10.1. The lowest BCUT2D eigenvalue weighted by Gasteiger charge is -2.17. The van der Waals surface area contributed by atoms with Gasteiger partial charge in [-0.25, -0.2) is 0 Å². The van der Waals surface area contributed by atoms with Crippen LogP contribution in [0.5, 0.6) is 0 Å². The molecule has 82 valence electrons. The number of hydrogen-bond acceptors (Lipinski definition) is 2. The van der Waals surface area contributed by atoms with E-state index in [-0.39, 0.29) is 5.91 Å². The Bertz CT molecular complexity index is 319. The predicted molar refractivity (Wildman–Crippen MR) is 63.1 cm³/mol. The van der Waals surface area contributed by atoms with E-state index in [1.807, 2.05) is 45.3 Å². The molecule has 1 rings (SSSR count). The van der Waals surface area contributed by atoms with Gasteiger partial charge in [-0.15, -0.1) is 0 Å². The minimum atomic E-state index is 0.133. The molecule has 1 amide bonds. The Morgan fingerprint density at radius 1 is 1.33 bits per heavy atom. The van der Waals surface area contributed by atoms with Crippen LogP contribution in [0, 0.1) is 6.92 Å². The van der Waals surface area contributed by atoms with Gasteiger partial charge in [-0.2, -0.15) is 0 Å². The number of carbonyl (C=O) groups is 1. The van der Waals surface area contributed by atoms with E-state index in [2.05, 4.69) is 5.32 Å². The molecular formula is C12H18N2O. The lowest BCUT2D eigenvalue weighted by atomic mass is 10.2. The topological polar surface area (TPSA) is 32.3 Å². The largest absolute Gasteiger partial charge is 0.319 e. The number of nitrogens with zero attached hydrogens (tertiary/aromatic N) is 1. The summed E-state index contributed by atoms with van der Waals surface area (Å²) in [5.41, 5.74) is 2.15. The molecule has 0 aliphatic heterocycles. The van der Waals surface area contributed by atoms with Gasteiger partial charge in [0, 0.05) is 25.7 Å². The van der Waals surface area contributed by atoms with E-state index in [9.17, 15) is 4.79 Å². The van der Waals surface area contributed by atoms with E-state index in [0.717, 1.165) is 12.2 Å². The molecule has 0 aliphatic rings. The number of carbonyl (C=O) groups excluding carboxylic acids is 1. The second-order valence-electron chi connectivity index (χ2n) is 3.64. The number of anilines is 1. The zero-order valence-electron chi connectivity index (χ0n) is 9.58. The summed E-state index contributed by atoms with van der Waals surface area (Å²) in [4.78, 5) is 13.4. The van der Waals surface area contributed by atoms with Crippen LogP contribution in [-0.2, 0) is 4.79 Å². The maximum atomic E-state index is 11.7. The first-order chi connectivity index (χ1) is 7.15. The van der Waals surface area contributed by atoms with Gasteiger partial charge in [-0.05, 0) is 26.1 Å². The molecule has 1 N–H and O–H groups in total. The van der Waals surface area contributed by atoms with E-state index >= 15 is 0 Å². The smallest absolute Gasteiger partial charge is 0.227 e. The molecule has 3 nitrogen and oxygen atoms in total. The summed E-state index contributed by atoms with van der Waals surface area (Å²) in [7, 11) is 3.65. The minimum Gasteiger partial charge on any atom is -0.319 e. The van der Waals surface area contributed by atoms with Crippen LogP contribution in [0.3, 0.4) is 0 Å². The third kappa shape index (κ3) is 3.36. The Labute approximate surface area is 91.1 Å². The Morgan fingerprint density at radius 3 is 2.47 bits per heavy atom. The molecule has 0 heterocycles. The first-order valence-corrected chi connectivity index (χ1v) is 5.13. The molecule has 0 bridgehead atoms. The molecule has 0 spiro atoms. The van der Waals surface area contributed by atoms with Crippen molar-refractivity contribution in [2.24, 2.45) is 0 Å². The van der Waals surface area contributed by atoms with Crippen molar-refractivity contribution in [2.75, 3.05) is 25.5 Å². The summed E-state index contributed by atoms with van der Waals surface area (Å²) < 4.78 is 0. The molecule has 0 aliphatic carbocycles. The van der Waals surface area contributed by atoms with Gasteiger partial charge < -0.3 is 10.2 Å². The van der Waals surface area contributed by atoms with Crippen LogP contribution in [0.2, 0.25) is 0 Å². The number of amides is 1. The van der Waals surface area contributed by atoms with Crippen LogP contribution in [0.25, 0.3) is 0 Å². The monoisotopic (exact) mass is 206 g/mol. The SMILES string of the molecule is CNCCC(=O)N(C)c1ccc(C)cc1. The molecule has 3 heteroatoms. The average Bonchev–Trinajstić information content (AvgIpc) is 2.26. The van der Waals surface area contributed by atoms with Crippen molar-refractivity contribution >= 4 is 11.6 Å². The van der Waals surface area contributed by atoms with E-state index in [4.69, 9.17) is 0 Å². The zero-order chi connectivity index (χ0) is 11.3. The summed E-state index contributed by atoms with van der Waals surface area (Å²) in [6, 6.07) is 7.95. The Balaban J connectivity index is 2.63. The van der Waals surface area contributed by atoms with Crippen LogP contribution in [0.15, 0.2) is 24.3 Å². The molecule has 15 heavy (non-hydrogen) atoms. The molecule has 0 atom stereocenters. The fraction of sp³-hybridized carbons (Fsp3) is 0.417. The van der Waals surface area contributed by atoms with Gasteiger partial charge in [0.1, 0.15) is 0 Å². The van der Waals surface area contributed by atoms with Gasteiger partial charge in [-0.1, -0.05) is 17.7 Å². The van der Waals surface area contributed by atoms with Crippen molar-refractivity contribution in [2.45, 2.75) is 13.3 Å². The van der Waals surface area contributed by atoms with E-state index in [1.54, 1.807) is 4.90 Å². The average molecular weight is 206 g/mol. The molecule has 1 aromatic carbocycles. The van der Waals surface area contributed by atoms with Crippen LogP contribution in [0.4, 0.5) is 5.69 Å². The van der Waals surface area contributed by atoms with E-state index < -0.39 is 0 Å². The summed E-state index contributed by atoms with van der Waals surface area (Å²) in [6.07, 6.45) is 0.529. The van der Waals surface area contributed by atoms with Gasteiger partial charge >= 0.3 is 0 Å². The Kier molecular flexibility index (Phi) is 4.31. The quantitative estimate of drug-likeness (QED) is 0.811. The van der Waals surface area contributed by atoms with Crippen molar-refractivity contribution < 1.29 is 4.79 Å². The zero-order valence-corrected chi connectivity index (χ0v) is 9.58. The van der Waals surface area contributed by atoms with Crippen molar-refractivity contribution in [1.29, 1.82) is 0 Å². The predicted octanol–water partition coefficient (Wildman–Crippen LogP) is 1.57. The number of aryl methyl sites for hydroxylation is 1. The van der Waals surface area contributed by atoms with Gasteiger partial charge in [0.05, 0.1) is 0 Å². The van der Waals surface area contributed by atoms with Crippen molar-refractivity contribution in [3.63, 3.8) is 0 Å². The Morgan fingerprint density at radius 2 is 1.93 bits per heavy atom. The second kappa shape index (κ2) is 5.51. The van der Waals surface area contributed by atoms with Gasteiger partial charge in [0.15, 0.2) is 0 Å². The summed E-state index contributed by atoms with van der Waals surface area (Å²) >= 11 is 0. The van der Waals surface area contributed by atoms with Gasteiger partial charge in [-0.3, -0.25) is 4.79 Å².